The Bertz CT molecular complexity index is 1060. The normalized spacial score (nSPS) is 11.7. The fourth-order valence-electron chi connectivity index (χ4n) is 2.82. The van der Waals surface area contributed by atoms with Gasteiger partial charge in [0.1, 0.15) is 0 Å². The van der Waals surface area contributed by atoms with E-state index in [2.05, 4.69) is 5.32 Å². The van der Waals surface area contributed by atoms with E-state index in [-0.39, 0.29) is 19.0 Å². The number of anilines is 1. The molecule has 0 aliphatic carbocycles. The van der Waals surface area contributed by atoms with Crippen LogP contribution in [0.25, 0.3) is 10.8 Å². The number of fused-ring (bicyclic) bond motifs is 1. The molecule has 0 saturated heterocycles. The van der Waals surface area contributed by atoms with E-state index in [0.29, 0.717) is 5.69 Å². The molecule has 1 N–H and O–H groups in total. The first kappa shape index (κ1) is 19.1. The number of rotatable bonds is 6. The van der Waals surface area contributed by atoms with Crippen LogP contribution in [0, 0.1) is 6.92 Å². The Labute approximate surface area is 159 Å². The average Bonchev–Trinajstić information content (AvgIpc) is 2.62. The van der Waals surface area contributed by atoms with Crippen LogP contribution in [-0.2, 0) is 21.4 Å². The number of carbonyl (C=O) groups is 1. The van der Waals surface area contributed by atoms with E-state index >= 15 is 0 Å². The number of aryl methyl sites for hydroxylation is 1. The molecular formula is C21H22N2O3S. The molecule has 0 aromatic heterocycles. The van der Waals surface area contributed by atoms with Crippen molar-refractivity contribution in [1.29, 1.82) is 0 Å². The van der Waals surface area contributed by atoms with Gasteiger partial charge in [-0.3, -0.25) is 4.79 Å². The highest BCUT2D eigenvalue weighted by Gasteiger charge is 2.20. The summed E-state index contributed by atoms with van der Waals surface area (Å²) in [6.45, 7) is 1.89. The molecule has 0 heterocycles. The fraction of sp³-hybridized carbons (Fsp3) is 0.190. The number of nitrogens with one attached hydrogen (secondary N) is 1. The van der Waals surface area contributed by atoms with Gasteiger partial charge in [0.25, 0.3) is 0 Å². The van der Waals surface area contributed by atoms with Crippen molar-refractivity contribution < 1.29 is 13.2 Å². The summed E-state index contributed by atoms with van der Waals surface area (Å²) in [5.74, 6) is -0.372. The maximum absolute atomic E-state index is 12.4. The third-order valence-electron chi connectivity index (χ3n) is 4.30. The first-order valence-corrected chi connectivity index (χ1v) is 10.5. The van der Waals surface area contributed by atoms with Crippen LogP contribution in [0.4, 0.5) is 5.69 Å². The first-order chi connectivity index (χ1) is 12.8. The molecule has 0 fully saturated rings. The number of sulfonamides is 1. The monoisotopic (exact) mass is 382 g/mol. The molecule has 0 bridgehead atoms. The molecule has 3 rings (SSSR count). The van der Waals surface area contributed by atoms with Crippen molar-refractivity contribution >= 4 is 32.4 Å². The van der Waals surface area contributed by atoms with E-state index in [1.807, 2.05) is 73.7 Å². The number of hydrogen-bond donors (Lipinski definition) is 1. The standard InChI is InChI=1S/C21H22N2O3S/c1-16-7-9-17(10-8-16)14-23(27(2,25)26)15-21(24)22-20-12-11-18-5-3-4-6-19(18)13-20/h3-13H,14-15H2,1-2H3,(H,22,24). The quantitative estimate of drug-likeness (QED) is 0.709. The first-order valence-electron chi connectivity index (χ1n) is 8.60. The predicted molar refractivity (Wildman–Crippen MR) is 109 cm³/mol. The summed E-state index contributed by atoms with van der Waals surface area (Å²) in [6.07, 6.45) is 1.12. The number of hydrogen-bond acceptors (Lipinski definition) is 3. The lowest BCUT2D eigenvalue weighted by atomic mass is 10.1. The van der Waals surface area contributed by atoms with E-state index in [1.165, 1.54) is 4.31 Å². The summed E-state index contributed by atoms with van der Waals surface area (Å²) < 4.78 is 25.4. The summed E-state index contributed by atoms with van der Waals surface area (Å²) in [6, 6.07) is 21.0. The number of nitrogens with zero attached hydrogens (tertiary/aromatic N) is 1. The Balaban J connectivity index is 1.72. The minimum atomic E-state index is -3.52. The average molecular weight is 382 g/mol. The Morgan fingerprint density at radius 2 is 1.63 bits per heavy atom. The van der Waals surface area contributed by atoms with Gasteiger partial charge >= 0.3 is 0 Å². The highest BCUT2D eigenvalue weighted by Crippen LogP contribution is 2.19. The van der Waals surface area contributed by atoms with Crippen LogP contribution < -0.4 is 5.32 Å². The van der Waals surface area contributed by atoms with Gasteiger partial charge in [-0.1, -0.05) is 60.2 Å². The molecule has 3 aromatic rings. The SMILES string of the molecule is Cc1ccc(CN(CC(=O)Nc2ccc3ccccc3c2)S(C)(=O)=O)cc1. The summed E-state index contributed by atoms with van der Waals surface area (Å²) in [4.78, 5) is 12.4. The Hall–Kier alpha value is -2.70. The molecule has 0 radical (unpaired) electrons. The van der Waals surface area contributed by atoms with Gasteiger partial charge in [0.2, 0.25) is 15.9 Å². The van der Waals surface area contributed by atoms with Gasteiger partial charge in [0.05, 0.1) is 12.8 Å². The number of carbonyl (C=O) groups excluding carboxylic acids is 1. The summed E-state index contributed by atoms with van der Waals surface area (Å²) in [5, 5.41) is 4.87. The zero-order valence-electron chi connectivity index (χ0n) is 15.3. The second-order valence-corrected chi connectivity index (χ2v) is 8.61. The third-order valence-corrected chi connectivity index (χ3v) is 5.50. The number of benzene rings is 3. The topological polar surface area (TPSA) is 66.5 Å². The van der Waals surface area contributed by atoms with E-state index in [9.17, 15) is 13.2 Å². The second kappa shape index (κ2) is 7.90. The van der Waals surface area contributed by atoms with Crippen molar-refractivity contribution in [2.45, 2.75) is 13.5 Å². The fourth-order valence-corrected chi connectivity index (χ4v) is 3.55. The lowest BCUT2D eigenvalue weighted by molar-refractivity contribution is -0.116. The molecule has 1 amide bonds. The molecule has 0 spiro atoms. The maximum Gasteiger partial charge on any atom is 0.239 e. The molecular weight excluding hydrogens is 360 g/mol. The minimum Gasteiger partial charge on any atom is -0.325 e. The van der Waals surface area contributed by atoms with Gasteiger partial charge in [-0.15, -0.1) is 0 Å². The number of amides is 1. The summed E-state index contributed by atoms with van der Waals surface area (Å²) >= 11 is 0. The predicted octanol–water partition coefficient (Wildman–Crippen LogP) is 3.55. The van der Waals surface area contributed by atoms with Crippen LogP contribution in [-0.4, -0.2) is 31.4 Å². The van der Waals surface area contributed by atoms with Crippen LogP contribution in [0.2, 0.25) is 0 Å². The summed E-state index contributed by atoms with van der Waals surface area (Å²) in [7, 11) is -3.52. The molecule has 0 saturated carbocycles. The van der Waals surface area contributed by atoms with E-state index in [1.54, 1.807) is 0 Å². The molecule has 0 atom stereocenters. The smallest absolute Gasteiger partial charge is 0.239 e. The van der Waals surface area contributed by atoms with E-state index < -0.39 is 10.0 Å². The van der Waals surface area contributed by atoms with Crippen LogP contribution in [0.1, 0.15) is 11.1 Å². The highest BCUT2D eigenvalue weighted by atomic mass is 32.2. The Kier molecular flexibility index (Phi) is 5.58. The van der Waals surface area contributed by atoms with Gasteiger partial charge < -0.3 is 5.32 Å². The van der Waals surface area contributed by atoms with Gasteiger partial charge in [-0.25, -0.2) is 8.42 Å². The molecule has 3 aromatic carbocycles. The van der Waals surface area contributed by atoms with Crippen molar-refractivity contribution in [1.82, 2.24) is 4.31 Å². The largest absolute Gasteiger partial charge is 0.325 e. The van der Waals surface area contributed by atoms with Gasteiger partial charge in [0, 0.05) is 12.2 Å². The van der Waals surface area contributed by atoms with Crippen molar-refractivity contribution in [2.24, 2.45) is 0 Å². The molecule has 0 unspecified atom stereocenters. The second-order valence-electron chi connectivity index (χ2n) is 6.63. The Morgan fingerprint density at radius 1 is 0.963 bits per heavy atom. The zero-order chi connectivity index (χ0) is 19.4. The third kappa shape index (κ3) is 5.15. The summed E-state index contributed by atoms with van der Waals surface area (Å²) in [5.41, 5.74) is 2.57. The zero-order valence-corrected chi connectivity index (χ0v) is 16.2. The maximum atomic E-state index is 12.4. The van der Waals surface area contributed by atoms with E-state index in [4.69, 9.17) is 0 Å². The molecule has 0 aliphatic heterocycles. The minimum absolute atomic E-state index is 0.157. The van der Waals surface area contributed by atoms with Crippen LogP contribution in [0.5, 0.6) is 0 Å². The Morgan fingerprint density at radius 3 is 2.30 bits per heavy atom. The van der Waals surface area contributed by atoms with Gasteiger partial charge in [-0.2, -0.15) is 4.31 Å². The molecule has 5 nitrogen and oxygen atoms in total. The van der Waals surface area contributed by atoms with Crippen LogP contribution in [0.15, 0.2) is 66.7 Å². The van der Waals surface area contributed by atoms with Crippen molar-refractivity contribution in [3.8, 4) is 0 Å². The highest BCUT2D eigenvalue weighted by molar-refractivity contribution is 7.88. The van der Waals surface area contributed by atoms with E-state index in [0.717, 1.165) is 28.2 Å². The van der Waals surface area contributed by atoms with Crippen molar-refractivity contribution in [3.05, 3.63) is 77.9 Å². The van der Waals surface area contributed by atoms with Crippen molar-refractivity contribution in [2.75, 3.05) is 18.1 Å². The van der Waals surface area contributed by atoms with Crippen molar-refractivity contribution in [3.63, 3.8) is 0 Å². The van der Waals surface area contributed by atoms with Gasteiger partial charge in [0.15, 0.2) is 0 Å². The molecule has 6 heteroatoms. The molecule has 0 aliphatic rings. The van der Waals surface area contributed by atoms with Gasteiger partial charge in [-0.05, 0) is 35.4 Å². The molecule has 140 valence electrons. The van der Waals surface area contributed by atoms with Crippen LogP contribution in [0.3, 0.4) is 0 Å². The molecule has 27 heavy (non-hydrogen) atoms. The lowest BCUT2D eigenvalue weighted by Crippen LogP contribution is -2.36. The lowest BCUT2D eigenvalue weighted by Gasteiger charge is -2.20. The van der Waals surface area contributed by atoms with Crippen LogP contribution >= 0.6 is 0 Å².